The third-order valence-electron chi connectivity index (χ3n) is 7.59. The predicted molar refractivity (Wildman–Crippen MR) is 179 cm³/mol. The molecule has 0 aromatic rings. The number of esters is 2. The highest BCUT2D eigenvalue weighted by Gasteiger charge is 2.22. The average Bonchev–Trinajstić information content (AvgIpc) is 2.98. The summed E-state index contributed by atoms with van der Waals surface area (Å²) in [5, 5.41) is 0. The zero-order chi connectivity index (χ0) is 32.6. The van der Waals surface area contributed by atoms with Crippen LogP contribution in [0, 0.1) is 0 Å². The van der Waals surface area contributed by atoms with Gasteiger partial charge in [-0.05, 0) is 44.9 Å². The molecular formula is C35H65O8P. The van der Waals surface area contributed by atoms with Gasteiger partial charge < -0.3 is 19.3 Å². The molecule has 258 valence electrons. The lowest BCUT2D eigenvalue weighted by Crippen LogP contribution is -2.29. The predicted octanol–water partition coefficient (Wildman–Crippen LogP) is 10.1. The number of unbranched alkanes of at least 4 members (excludes halogenated alkanes) is 20. The minimum absolute atomic E-state index is 0.202. The molecule has 0 aromatic carbocycles. The van der Waals surface area contributed by atoms with Gasteiger partial charge in [0, 0.05) is 12.8 Å². The highest BCUT2D eigenvalue weighted by Crippen LogP contribution is 2.36. The van der Waals surface area contributed by atoms with Crippen molar-refractivity contribution in [3.05, 3.63) is 24.8 Å². The Balaban J connectivity index is 3.95. The second kappa shape index (κ2) is 31.5. The number of carbonyl (C=O) groups is 2. The first-order chi connectivity index (χ1) is 21.3. The maximum atomic E-state index is 12.3. The zero-order valence-electron chi connectivity index (χ0n) is 27.9. The minimum atomic E-state index is -4.74. The van der Waals surface area contributed by atoms with Crippen LogP contribution in [0.15, 0.2) is 24.8 Å². The molecule has 0 aromatic heterocycles. The fourth-order valence-corrected chi connectivity index (χ4v) is 5.28. The zero-order valence-corrected chi connectivity index (χ0v) is 28.8. The van der Waals surface area contributed by atoms with Gasteiger partial charge in [-0.15, -0.1) is 6.58 Å². The summed E-state index contributed by atoms with van der Waals surface area (Å²) in [7, 11) is -4.74. The first-order valence-corrected chi connectivity index (χ1v) is 19.1. The van der Waals surface area contributed by atoms with E-state index in [9.17, 15) is 14.2 Å². The Morgan fingerprint density at radius 1 is 0.636 bits per heavy atom. The summed E-state index contributed by atoms with van der Waals surface area (Å²) in [5.41, 5.74) is 0. The fourth-order valence-electron chi connectivity index (χ4n) is 4.92. The van der Waals surface area contributed by atoms with Crippen LogP contribution in [0.5, 0.6) is 0 Å². The van der Waals surface area contributed by atoms with Crippen LogP contribution in [0.4, 0.5) is 0 Å². The van der Waals surface area contributed by atoms with E-state index in [1.807, 2.05) is 6.08 Å². The van der Waals surface area contributed by atoms with Gasteiger partial charge in [-0.2, -0.15) is 0 Å². The first-order valence-electron chi connectivity index (χ1n) is 17.6. The van der Waals surface area contributed by atoms with Crippen LogP contribution < -0.4 is 0 Å². The SMILES string of the molecule is C=CCCCCCCCCCCCCCCCC(=O)OC[C@H](COP(=O)(O)O)OC(=O)CCCCCCC/C=C/CCCC. The normalized spacial score (nSPS) is 12.4. The Hall–Kier alpha value is -1.47. The van der Waals surface area contributed by atoms with Gasteiger partial charge in [-0.3, -0.25) is 14.1 Å². The molecule has 0 aliphatic carbocycles. The molecular weight excluding hydrogens is 579 g/mol. The van der Waals surface area contributed by atoms with Crippen molar-refractivity contribution in [1.82, 2.24) is 0 Å². The topological polar surface area (TPSA) is 119 Å². The van der Waals surface area contributed by atoms with Crippen molar-refractivity contribution < 1.29 is 37.9 Å². The largest absolute Gasteiger partial charge is 0.469 e. The molecule has 44 heavy (non-hydrogen) atoms. The molecule has 0 heterocycles. The third kappa shape index (κ3) is 33.4. The smallest absolute Gasteiger partial charge is 0.462 e. The average molecular weight is 645 g/mol. The van der Waals surface area contributed by atoms with Crippen molar-refractivity contribution in [2.75, 3.05) is 13.2 Å². The quantitative estimate of drug-likeness (QED) is 0.0313. The number of hydrogen-bond acceptors (Lipinski definition) is 6. The second-order valence-electron chi connectivity index (χ2n) is 11.9. The Kier molecular flexibility index (Phi) is 30.5. The van der Waals surface area contributed by atoms with Gasteiger partial charge >= 0.3 is 19.8 Å². The number of ether oxygens (including phenoxy) is 2. The Morgan fingerprint density at radius 2 is 1.07 bits per heavy atom. The molecule has 0 aliphatic rings. The molecule has 0 unspecified atom stereocenters. The Morgan fingerprint density at radius 3 is 1.55 bits per heavy atom. The number of hydrogen-bond donors (Lipinski definition) is 2. The molecule has 0 fully saturated rings. The number of carbonyl (C=O) groups excluding carboxylic acids is 2. The van der Waals surface area contributed by atoms with Gasteiger partial charge in [-0.25, -0.2) is 4.57 Å². The van der Waals surface area contributed by atoms with E-state index in [1.165, 1.54) is 77.0 Å². The highest BCUT2D eigenvalue weighted by atomic mass is 31.2. The van der Waals surface area contributed by atoms with E-state index in [0.29, 0.717) is 6.42 Å². The summed E-state index contributed by atoms with van der Waals surface area (Å²) < 4.78 is 26.2. The van der Waals surface area contributed by atoms with Crippen LogP contribution in [0.2, 0.25) is 0 Å². The van der Waals surface area contributed by atoms with E-state index in [2.05, 4.69) is 30.2 Å². The van der Waals surface area contributed by atoms with E-state index in [-0.39, 0.29) is 19.4 Å². The molecule has 0 saturated carbocycles. The first kappa shape index (κ1) is 42.5. The summed E-state index contributed by atoms with van der Waals surface area (Å²) in [5.74, 6) is -0.898. The monoisotopic (exact) mass is 644 g/mol. The van der Waals surface area contributed by atoms with Gasteiger partial charge in [-0.1, -0.05) is 128 Å². The number of phosphoric acid groups is 1. The van der Waals surface area contributed by atoms with Crippen LogP contribution in [0.25, 0.3) is 0 Å². The minimum Gasteiger partial charge on any atom is -0.462 e. The number of allylic oxidation sites excluding steroid dienone is 3. The van der Waals surface area contributed by atoms with Crippen LogP contribution >= 0.6 is 7.82 Å². The molecule has 0 amide bonds. The fraction of sp³-hybridized carbons (Fsp3) is 0.829. The lowest BCUT2D eigenvalue weighted by molar-refractivity contribution is -0.161. The lowest BCUT2D eigenvalue weighted by atomic mass is 10.0. The standard InChI is InChI=1S/C35H65O8P/c1-3-5-7-9-11-13-15-16-17-18-20-21-23-25-27-29-34(36)41-31-33(32-42-44(38,39)40)43-35(37)30-28-26-24-22-19-14-12-10-8-6-4-2/h3,10,12,33H,1,4-9,11,13-32H2,2H3,(H2,38,39,40)/b12-10+/t33-/m1/s1. The summed E-state index contributed by atoms with van der Waals surface area (Å²) >= 11 is 0. The highest BCUT2D eigenvalue weighted by molar-refractivity contribution is 7.46. The molecule has 0 aliphatic heterocycles. The van der Waals surface area contributed by atoms with Crippen molar-refractivity contribution in [3.8, 4) is 0 Å². The maximum Gasteiger partial charge on any atom is 0.469 e. The van der Waals surface area contributed by atoms with Crippen molar-refractivity contribution in [2.24, 2.45) is 0 Å². The molecule has 2 N–H and O–H groups in total. The lowest BCUT2D eigenvalue weighted by Gasteiger charge is -2.18. The van der Waals surface area contributed by atoms with E-state index >= 15 is 0 Å². The van der Waals surface area contributed by atoms with E-state index in [1.54, 1.807) is 0 Å². The summed E-state index contributed by atoms with van der Waals surface area (Å²) in [6, 6.07) is 0. The van der Waals surface area contributed by atoms with Crippen LogP contribution in [0.1, 0.15) is 167 Å². The Bertz CT molecular complexity index is 764. The Labute approximate surface area is 269 Å². The van der Waals surface area contributed by atoms with E-state index in [4.69, 9.17) is 19.3 Å². The van der Waals surface area contributed by atoms with Gasteiger partial charge in [0.25, 0.3) is 0 Å². The molecule has 0 saturated heterocycles. The van der Waals surface area contributed by atoms with Crippen LogP contribution in [-0.4, -0.2) is 41.0 Å². The molecule has 8 nitrogen and oxygen atoms in total. The van der Waals surface area contributed by atoms with Gasteiger partial charge in [0.05, 0.1) is 6.61 Å². The summed E-state index contributed by atoms with van der Waals surface area (Å²) in [6.07, 6.45) is 32.2. The van der Waals surface area contributed by atoms with Crippen LogP contribution in [-0.2, 0) is 28.2 Å². The molecule has 1 atom stereocenters. The van der Waals surface area contributed by atoms with Crippen molar-refractivity contribution >= 4 is 19.8 Å². The van der Waals surface area contributed by atoms with Gasteiger partial charge in [0.1, 0.15) is 6.61 Å². The van der Waals surface area contributed by atoms with Crippen LogP contribution in [0.3, 0.4) is 0 Å². The summed E-state index contributed by atoms with van der Waals surface area (Å²) in [6.45, 7) is 5.13. The third-order valence-corrected chi connectivity index (χ3v) is 8.07. The number of rotatable bonds is 33. The molecule has 9 heteroatoms. The molecule has 0 radical (unpaired) electrons. The molecule has 0 spiro atoms. The van der Waals surface area contributed by atoms with Crippen molar-refractivity contribution in [1.29, 1.82) is 0 Å². The molecule has 0 bridgehead atoms. The summed E-state index contributed by atoms with van der Waals surface area (Å²) in [4.78, 5) is 42.5. The van der Waals surface area contributed by atoms with E-state index < -0.39 is 32.5 Å². The van der Waals surface area contributed by atoms with Gasteiger partial charge in [0.15, 0.2) is 6.10 Å². The second-order valence-corrected chi connectivity index (χ2v) is 13.2. The maximum absolute atomic E-state index is 12.3. The van der Waals surface area contributed by atoms with Gasteiger partial charge in [0.2, 0.25) is 0 Å². The van der Waals surface area contributed by atoms with Crippen molar-refractivity contribution in [3.63, 3.8) is 0 Å². The number of phosphoric ester groups is 1. The molecule has 0 rings (SSSR count). The van der Waals surface area contributed by atoms with E-state index in [0.717, 1.165) is 64.2 Å². The van der Waals surface area contributed by atoms with Crippen molar-refractivity contribution in [2.45, 2.75) is 174 Å².